The van der Waals surface area contributed by atoms with Crippen molar-refractivity contribution in [3.8, 4) is 11.8 Å². The molecule has 1 rings (SSSR count). The van der Waals surface area contributed by atoms with Crippen molar-refractivity contribution in [2.45, 2.75) is 6.92 Å². The number of nitrogens with zero attached hydrogens (tertiary/aromatic N) is 1. The van der Waals surface area contributed by atoms with Gasteiger partial charge in [-0.1, -0.05) is 0 Å². The van der Waals surface area contributed by atoms with Gasteiger partial charge in [0, 0.05) is 0 Å². The quantitative estimate of drug-likeness (QED) is 0.750. The molecule has 0 amide bonds. The second-order valence-corrected chi connectivity index (χ2v) is 2.66. The number of carbonyl (C=O) groups is 1. The number of nitriles is 1. The topological polar surface area (TPSA) is 70.3 Å². The fourth-order valence-electron chi connectivity index (χ4n) is 1.02. The average molecular weight is 209 g/mol. The Labute approximate surface area is 85.5 Å². The zero-order valence-electron chi connectivity index (χ0n) is 7.95. The normalized spacial score (nSPS) is 9.40. The summed E-state index contributed by atoms with van der Waals surface area (Å²) in [6.45, 7) is 1.69. The van der Waals surface area contributed by atoms with Gasteiger partial charge in [-0.3, -0.25) is 0 Å². The number of hydrogen-bond acceptors (Lipinski definition) is 4. The predicted octanol–water partition coefficient (Wildman–Crippen LogP) is 1.58. The third-order valence-corrected chi connectivity index (χ3v) is 1.73. The number of esters is 1. The van der Waals surface area contributed by atoms with E-state index in [0.29, 0.717) is 0 Å². The maximum atomic E-state index is 13.3. The summed E-state index contributed by atoms with van der Waals surface area (Å²) in [4.78, 5) is 11.2. The second kappa shape index (κ2) is 4.42. The van der Waals surface area contributed by atoms with Gasteiger partial charge in [-0.2, -0.15) is 5.26 Å². The van der Waals surface area contributed by atoms with Crippen LogP contribution in [0, 0.1) is 17.1 Å². The summed E-state index contributed by atoms with van der Waals surface area (Å²) in [6, 6.07) is 3.85. The Balaban J connectivity index is 3.19. The summed E-state index contributed by atoms with van der Waals surface area (Å²) in [5.41, 5.74) is -0.603. The van der Waals surface area contributed by atoms with Crippen molar-refractivity contribution in [2.75, 3.05) is 6.61 Å². The first kappa shape index (κ1) is 11.0. The molecule has 4 nitrogen and oxygen atoms in total. The molecule has 0 saturated carbocycles. The third-order valence-electron chi connectivity index (χ3n) is 1.73. The van der Waals surface area contributed by atoms with E-state index in [2.05, 4.69) is 4.74 Å². The van der Waals surface area contributed by atoms with Crippen LogP contribution in [0.2, 0.25) is 0 Å². The lowest BCUT2D eigenvalue weighted by Gasteiger charge is -2.04. The molecule has 1 aromatic carbocycles. The molecule has 78 valence electrons. The van der Waals surface area contributed by atoms with E-state index < -0.39 is 17.5 Å². The predicted molar refractivity (Wildman–Crippen MR) is 48.7 cm³/mol. The van der Waals surface area contributed by atoms with Gasteiger partial charge in [0.2, 0.25) is 0 Å². The summed E-state index contributed by atoms with van der Waals surface area (Å²) in [5.74, 6) is -2.83. The molecule has 15 heavy (non-hydrogen) atoms. The SMILES string of the molecule is CCOC(=O)c1ccc(C#N)c(O)c1F. The molecule has 0 bridgehead atoms. The van der Waals surface area contributed by atoms with Gasteiger partial charge in [0.15, 0.2) is 11.6 Å². The van der Waals surface area contributed by atoms with Crippen LogP contribution in [0.5, 0.6) is 5.75 Å². The van der Waals surface area contributed by atoms with Gasteiger partial charge in [0.25, 0.3) is 0 Å². The van der Waals surface area contributed by atoms with Gasteiger partial charge >= 0.3 is 5.97 Å². The Morgan fingerprint density at radius 2 is 2.33 bits per heavy atom. The van der Waals surface area contributed by atoms with Crippen molar-refractivity contribution in [2.24, 2.45) is 0 Å². The van der Waals surface area contributed by atoms with E-state index in [4.69, 9.17) is 5.26 Å². The van der Waals surface area contributed by atoms with Crippen LogP contribution in [-0.4, -0.2) is 17.7 Å². The van der Waals surface area contributed by atoms with Crippen molar-refractivity contribution < 1.29 is 19.0 Å². The third kappa shape index (κ3) is 2.05. The zero-order chi connectivity index (χ0) is 11.4. The van der Waals surface area contributed by atoms with Crippen molar-refractivity contribution in [3.05, 3.63) is 29.1 Å². The smallest absolute Gasteiger partial charge is 0.341 e. The lowest BCUT2D eigenvalue weighted by molar-refractivity contribution is 0.0520. The number of ether oxygens (including phenoxy) is 1. The molecule has 0 unspecified atom stereocenters. The van der Waals surface area contributed by atoms with Crippen LogP contribution in [0.4, 0.5) is 4.39 Å². The largest absolute Gasteiger partial charge is 0.504 e. The average Bonchev–Trinajstić information content (AvgIpc) is 2.22. The van der Waals surface area contributed by atoms with Crippen LogP contribution >= 0.6 is 0 Å². The molecule has 1 N–H and O–H groups in total. The van der Waals surface area contributed by atoms with E-state index in [0.717, 1.165) is 12.1 Å². The summed E-state index contributed by atoms with van der Waals surface area (Å²) >= 11 is 0. The van der Waals surface area contributed by atoms with Crippen molar-refractivity contribution in [1.82, 2.24) is 0 Å². The van der Waals surface area contributed by atoms with Gasteiger partial charge in [-0.25, -0.2) is 9.18 Å². The number of phenolic OH excluding ortho intramolecular Hbond substituents is 1. The Kier molecular flexibility index (Phi) is 3.24. The minimum atomic E-state index is -1.13. The fraction of sp³-hybridized carbons (Fsp3) is 0.200. The number of aromatic hydroxyl groups is 1. The molecule has 0 aliphatic carbocycles. The summed E-state index contributed by atoms with van der Waals surface area (Å²) < 4.78 is 17.9. The standard InChI is InChI=1S/C10H8FNO3/c1-2-15-10(14)7-4-3-6(5-12)9(13)8(7)11/h3-4,13H,2H2,1H3. The van der Waals surface area contributed by atoms with E-state index in [-0.39, 0.29) is 17.7 Å². The van der Waals surface area contributed by atoms with Crippen LogP contribution in [0.25, 0.3) is 0 Å². The Bertz CT molecular complexity index is 437. The molecule has 0 fully saturated rings. The summed E-state index contributed by atoms with van der Waals surface area (Å²) in [5, 5.41) is 17.7. The van der Waals surface area contributed by atoms with Crippen LogP contribution in [0.1, 0.15) is 22.8 Å². The lowest BCUT2D eigenvalue weighted by atomic mass is 10.1. The molecule has 0 aromatic heterocycles. The first-order valence-corrected chi connectivity index (χ1v) is 4.20. The molecule has 0 saturated heterocycles. The van der Waals surface area contributed by atoms with Gasteiger partial charge in [-0.15, -0.1) is 0 Å². The van der Waals surface area contributed by atoms with E-state index in [1.807, 2.05) is 0 Å². The molecular formula is C10H8FNO3. The number of phenols is 1. The highest BCUT2D eigenvalue weighted by Crippen LogP contribution is 2.24. The van der Waals surface area contributed by atoms with Crippen molar-refractivity contribution >= 4 is 5.97 Å². The Morgan fingerprint density at radius 1 is 1.67 bits per heavy atom. The molecule has 0 radical (unpaired) electrons. The highest BCUT2D eigenvalue weighted by molar-refractivity contribution is 5.90. The van der Waals surface area contributed by atoms with E-state index >= 15 is 0 Å². The molecular weight excluding hydrogens is 201 g/mol. The Hall–Kier alpha value is -2.09. The fourth-order valence-corrected chi connectivity index (χ4v) is 1.02. The number of halogens is 1. The van der Waals surface area contributed by atoms with Crippen LogP contribution in [0.3, 0.4) is 0 Å². The minimum Gasteiger partial charge on any atom is -0.504 e. The number of hydrogen-bond donors (Lipinski definition) is 1. The van der Waals surface area contributed by atoms with E-state index in [9.17, 15) is 14.3 Å². The monoisotopic (exact) mass is 209 g/mol. The van der Waals surface area contributed by atoms with E-state index in [1.165, 1.54) is 0 Å². The molecule has 0 atom stereocenters. The number of rotatable bonds is 2. The second-order valence-electron chi connectivity index (χ2n) is 2.66. The van der Waals surface area contributed by atoms with Crippen LogP contribution in [0.15, 0.2) is 12.1 Å². The van der Waals surface area contributed by atoms with E-state index in [1.54, 1.807) is 13.0 Å². The maximum Gasteiger partial charge on any atom is 0.341 e. The minimum absolute atomic E-state index is 0.110. The molecule has 1 aromatic rings. The van der Waals surface area contributed by atoms with Crippen LogP contribution in [-0.2, 0) is 4.74 Å². The zero-order valence-corrected chi connectivity index (χ0v) is 7.95. The van der Waals surface area contributed by atoms with Gasteiger partial charge in [-0.05, 0) is 19.1 Å². The Morgan fingerprint density at radius 3 is 2.87 bits per heavy atom. The number of carbonyl (C=O) groups excluding carboxylic acids is 1. The lowest BCUT2D eigenvalue weighted by Crippen LogP contribution is -2.07. The highest BCUT2D eigenvalue weighted by atomic mass is 19.1. The summed E-state index contributed by atoms with van der Waals surface area (Å²) in [6.07, 6.45) is 0. The molecule has 5 heteroatoms. The summed E-state index contributed by atoms with van der Waals surface area (Å²) in [7, 11) is 0. The molecule has 0 spiro atoms. The number of benzene rings is 1. The molecule has 0 aliphatic rings. The van der Waals surface area contributed by atoms with Crippen molar-refractivity contribution in [3.63, 3.8) is 0 Å². The van der Waals surface area contributed by atoms with Crippen molar-refractivity contribution in [1.29, 1.82) is 5.26 Å². The first-order valence-electron chi connectivity index (χ1n) is 4.20. The van der Waals surface area contributed by atoms with Gasteiger partial charge in [0.05, 0.1) is 17.7 Å². The molecule has 0 aliphatic heterocycles. The first-order chi connectivity index (χ1) is 7.11. The molecule has 0 heterocycles. The van der Waals surface area contributed by atoms with Crippen LogP contribution < -0.4 is 0 Å². The maximum absolute atomic E-state index is 13.3. The van der Waals surface area contributed by atoms with Gasteiger partial charge < -0.3 is 9.84 Å². The van der Waals surface area contributed by atoms with Gasteiger partial charge in [0.1, 0.15) is 6.07 Å². The highest BCUT2D eigenvalue weighted by Gasteiger charge is 2.18.